The second-order valence-electron chi connectivity index (χ2n) is 6.25. The molecule has 0 spiro atoms. The fourth-order valence-electron chi connectivity index (χ4n) is 3.43. The SMILES string of the molecule is CNc1cn(-c2ccc(C(N)=O)cc2)c2c1C(=O)CC(NC)(NC)C2. The third kappa shape index (κ3) is 2.81. The molecule has 7 heteroatoms. The van der Waals surface area contributed by atoms with Crippen molar-refractivity contribution in [2.24, 2.45) is 5.73 Å². The number of Topliss-reactive ketones (excluding diaryl/α,β-unsaturated/α-hetero) is 1. The molecule has 25 heavy (non-hydrogen) atoms. The Hall–Kier alpha value is -2.64. The maximum absolute atomic E-state index is 12.8. The number of carbonyl (C=O) groups excluding carboxylic acids is 2. The molecule has 0 aliphatic heterocycles. The van der Waals surface area contributed by atoms with Gasteiger partial charge in [0, 0.05) is 43.0 Å². The number of hydrogen-bond donors (Lipinski definition) is 4. The van der Waals surface area contributed by atoms with Crippen molar-refractivity contribution in [1.29, 1.82) is 0 Å². The fraction of sp³-hybridized carbons (Fsp3) is 0.333. The molecular formula is C18H23N5O2. The summed E-state index contributed by atoms with van der Waals surface area (Å²) in [4.78, 5) is 24.1. The van der Waals surface area contributed by atoms with Gasteiger partial charge in [0.25, 0.3) is 0 Å². The monoisotopic (exact) mass is 341 g/mol. The van der Waals surface area contributed by atoms with Crippen molar-refractivity contribution in [3.8, 4) is 5.69 Å². The zero-order chi connectivity index (χ0) is 18.2. The van der Waals surface area contributed by atoms with Crippen LogP contribution in [0.15, 0.2) is 30.5 Å². The zero-order valence-corrected chi connectivity index (χ0v) is 14.6. The van der Waals surface area contributed by atoms with E-state index in [9.17, 15) is 9.59 Å². The number of benzene rings is 1. The number of ketones is 1. The molecule has 1 aromatic carbocycles. The average molecular weight is 341 g/mol. The first-order valence-corrected chi connectivity index (χ1v) is 8.18. The molecule has 1 amide bonds. The summed E-state index contributed by atoms with van der Waals surface area (Å²) < 4.78 is 1.99. The molecule has 0 fully saturated rings. The van der Waals surface area contributed by atoms with E-state index in [1.54, 1.807) is 19.2 Å². The average Bonchev–Trinajstić information content (AvgIpc) is 3.00. The van der Waals surface area contributed by atoms with Crippen LogP contribution in [0, 0.1) is 0 Å². The summed E-state index contributed by atoms with van der Waals surface area (Å²) >= 11 is 0. The van der Waals surface area contributed by atoms with E-state index in [0.717, 1.165) is 22.6 Å². The normalized spacial score (nSPS) is 15.7. The Morgan fingerprint density at radius 1 is 1.12 bits per heavy atom. The summed E-state index contributed by atoms with van der Waals surface area (Å²) in [5, 5.41) is 9.60. The molecule has 7 nitrogen and oxygen atoms in total. The quantitative estimate of drug-likeness (QED) is 0.605. The number of carbonyl (C=O) groups is 2. The first-order valence-electron chi connectivity index (χ1n) is 8.18. The Balaban J connectivity index is 2.13. The maximum Gasteiger partial charge on any atom is 0.248 e. The highest BCUT2D eigenvalue weighted by atomic mass is 16.1. The summed E-state index contributed by atoms with van der Waals surface area (Å²) in [5.41, 5.74) is 8.62. The maximum atomic E-state index is 12.8. The Morgan fingerprint density at radius 3 is 2.28 bits per heavy atom. The summed E-state index contributed by atoms with van der Waals surface area (Å²) in [6.45, 7) is 0. The molecule has 0 saturated carbocycles. The standard InChI is InChI=1S/C18H23N5O2/c1-20-13-10-23(12-6-4-11(5-7-12)17(19)25)14-8-18(21-2,22-3)9-15(24)16(13)14/h4-7,10,20-22H,8-9H2,1-3H3,(H2,19,25). The van der Waals surface area contributed by atoms with Crippen molar-refractivity contribution in [3.63, 3.8) is 0 Å². The molecule has 132 valence electrons. The van der Waals surface area contributed by atoms with Gasteiger partial charge in [-0.15, -0.1) is 0 Å². The molecule has 1 heterocycles. The van der Waals surface area contributed by atoms with Crippen LogP contribution in [0.1, 0.15) is 32.8 Å². The first kappa shape index (κ1) is 17.2. The van der Waals surface area contributed by atoms with E-state index in [0.29, 0.717) is 18.4 Å². The smallest absolute Gasteiger partial charge is 0.248 e. The number of hydrogen-bond acceptors (Lipinski definition) is 5. The number of likely N-dealkylation sites (N-methyl/N-ethyl adjacent to an activating group) is 2. The highest BCUT2D eigenvalue weighted by molar-refractivity contribution is 6.04. The van der Waals surface area contributed by atoms with Crippen molar-refractivity contribution in [3.05, 3.63) is 47.3 Å². The van der Waals surface area contributed by atoms with Crippen molar-refractivity contribution < 1.29 is 9.59 Å². The molecule has 1 aliphatic rings. The lowest BCUT2D eigenvalue weighted by atomic mass is 9.86. The predicted octanol–water partition coefficient (Wildman–Crippen LogP) is 0.882. The van der Waals surface area contributed by atoms with Gasteiger partial charge in [0.2, 0.25) is 5.91 Å². The topological polar surface area (TPSA) is 101 Å². The van der Waals surface area contributed by atoms with Gasteiger partial charge in [-0.05, 0) is 38.4 Å². The number of anilines is 1. The van der Waals surface area contributed by atoms with Crippen molar-refractivity contribution >= 4 is 17.4 Å². The number of primary amides is 1. The van der Waals surface area contributed by atoms with E-state index in [2.05, 4.69) is 16.0 Å². The predicted molar refractivity (Wildman–Crippen MR) is 97.3 cm³/mol. The van der Waals surface area contributed by atoms with Crippen LogP contribution in [0.3, 0.4) is 0 Å². The third-order valence-corrected chi connectivity index (χ3v) is 4.97. The van der Waals surface area contributed by atoms with Gasteiger partial charge >= 0.3 is 0 Å². The highest BCUT2D eigenvalue weighted by Crippen LogP contribution is 2.35. The van der Waals surface area contributed by atoms with Gasteiger partial charge < -0.3 is 26.3 Å². The second kappa shape index (κ2) is 6.34. The molecular weight excluding hydrogens is 318 g/mol. The van der Waals surface area contributed by atoms with Crippen LogP contribution in [-0.2, 0) is 6.42 Å². The summed E-state index contributed by atoms with van der Waals surface area (Å²) in [6.07, 6.45) is 2.95. The largest absolute Gasteiger partial charge is 0.386 e. The van der Waals surface area contributed by atoms with Crippen molar-refractivity contribution in [2.45, 2.75) is 18.5 Å². The van der Waals surface area contributed by atoms with Crippen LogP contribution in [0.5, 0.6) is 0 Å². The lowest BCUT2D eigenvalue weighted by molar-refractivity contribution is 0.0902. The first-order chi connectivity index (χ1) is 11.9. The fourth-order valence-corrected chi connectivity index (χ4v) is 3.43. The van der Waals surface area contributed by atoms with Gasteiger partial charge in [-0.3, -0.25) is 9.59 Å². The molecule has 0 bridgehead atoms. The van der Waals surface area contributed by atoms with Gasteiger partial charge in [-0.2, -0.15) is 0 Å². The third-order valence-electron chi connectivity index (χ3n) is 4.97. The number of nitrogens with two attached hydrogens (primary N) is 1. The van der Waals surface area contributed by atoms with Crippen molar-refractivity contribution in [2.75, 3.05) is 26.5 Å². The molecule has 1 aromatic heterocycles. The van der Waals surface area contributed by atoms with E-state index in [4.69, 9.17) is 5.73 Å². The summed E-state index contributed by atoms with van der Waals surface area (Å²) in [7, 11) is 5.51. The van der Waals surface area contributed by atoms with E-state index in [-0.39, 0.29) is 5.78 Å². The van der Waals surface area contributed by atoms with Crippen LogP contribution < -0.4 is 21.7 Å². The minimum absolute atomic E-state index is 0.0850. The molecule has 0 saturated heterocycles. The van der Waals surface area contributed by atoms with E-state index >= 15 is 0 Å². The van der Waals surface area contributed by atoms with E-state index in [1.807, 2.05) is 37.0 Å². The molecule has 3 rings (SSSR count). The molecule has 0 atom stereocenters. The van der Waals surface area contributed by atoms with Crippen LogP contribution in [0.4, 0.5) is 5.69 Å². The highest BCUT2D eigenvalue weighted by Gasteiger charge is 2.39. The van der Waals surface area contributed by atoms with Crippen molar-refractivity contribution in [1.82, 2.24) is 15.2 Å². The Morgan fingerprint density at radius 2 is 1.76 bits per heavy atom. The number of fused-ring (bicyclic) bond motifs is 1. The van der Waals surface area contributed by atoms with E-state index in [1.165, 1.54) is 0 Å². The lowest BCUT2D eigenvalue weighted by Gasteiger charge is -2.36. The van der Waals surface area contributed by atoms with Crippen LogP contribution in [0.2, 0.25) is 0 Å². The van der Waals surface area contributed by atoms with E-state index < -0.39 is 11.6 Å². The molecule has 0 radical (unpaired) electrons. The molecule has 2 aromatic rings. The lowest BCUT2D eigenvalue weighted by Crippen LogP contribution is -2.58. The van der Waals surface area contributed by atoms with Gasteiger partial charge in [-0.25, -0.2) is 0 Å². The van der Waals surface area contributed by atoms with Crippen LogP contribution in [-0.4, -0.2) is 43.1 Å². The minimum Gasteiger partial charge on any atom is -0.386 e. The van der Waals surface area contributed by atoms with Gasteiger partial charge in [0.1, 0.15) is 0 Å². The van der Waals surface area contributed by atoms with Gasteiger partial charge in [0.15, 0.2) is 5.78 Å². The summed E-state index contributed by atoms with van der Waals surface area (Å²) in [5.74, 6) is -0.377. The zero-order valence-electron chi connectivity index (χ0n) is 14.6. The Kier molecular flexibility index (Phi) is 4.36. The minimum atomic E-state index is -0.474. The van der Waals surface area contributed by atoms with Gasteiger partial charge in [-0.1, -0.05) is 0 Å². The van der Waals surface area contributed by atoms with Gasteiger partial charge in [0.05, 0.1) is 16.9 Å². The number of amides is 1. The molecule has 0 unspecified atom stereocenters. The second-order valence-corrected chi connectivity index (χ2v) is 6.25. The summed E-state index contributed by atoms with van der Waals surface area (Å²) in [6, 6.07) is 7.05. The number of nitrogens with one attached hydrogen (secondary N) is 3. The number of rotatable bonds is 5. The van der Waals surface area contributed by atoms with Crippen LogP contribution in [0.25, 0.3) is 5.69 Å². The number of aromatic nitrogens is 1. The Labute approximate surface area is 146 Å². The van der Waals surface area contributed by atoms with Crippen LogP contribution >= 0.6 is 0 Å². The number of nitrogens with zero attached hydrogens (tertiary/aromatic N) is 1. The molecule has 1 aliphatic carbocycles. The Bertz CT molecular complexity index is 819. The molecule has 5 N–H and O–H groups in total.